The molecule has 6 heavy (non-hydrogen) atoms. The van der Waals surface area contributed by atoms with Crippen LogP contribution in [-0.4, -0.2) is 15.1 Å². The van der Waals surface area contributed by atoms with Gasteiger partial charge in [0.1, 0.15) is 9.52 Å². The fraction of sp³-hybridized carbons (Fsp3) is 1.00. The van der Waals surface area contributed by atoms with Crippen molar-refractivity contribution in [1.29, 1.82) is 0 Å². The molecular formula is C3H8F2Si. The van der Waals surface area contributed by atoms with Gasteiger partial charge < -0.3 is 0 Å². The maximum Gasteiger partial charge on any atom is 0.220 e. The fourth-order valence-corrected chi connectivity index (χ4v) is 0. The van der Waals surface area contributed by atoms with E-state index in [9.17, 15) is 8.78 Å². The summed E-state index contributed by atoms with van der Waals surface area (Å²) in [6.07, 6.45) is 0. The molecule has 0 bridgehead atoms. The van der Waals surface area contributed by atoms with Gasteiger partial charge in [0.15, 0.2) is 0 Å². The van der Waals surface area contributed by atoms with Crippen LogP contribution in [0.15, 0.2) is 0 Å². The molecule has 0 aliphatic carbocycles. The summed E-state index contributed by atoms with van der Waals surface area (Å²) in [6, 6.07) is 0. The average Bonchev–Trinajstić information content (AvgIpc) is 1.35. The molecule has 0 rings (SSSR count). The number of alkyl halides is 2. The molecule has 0 aliphatic rings. The summed E-state index contributed by atoms with van der Waals surface area (Å²) in [7, 11) is -1.08. The van der Waals surface area contributed by atoms with Gasteiger partial charge in [-0.15, -0.1) is 0 Å². The minimum Gasteiger partial charge on any atom is -0.213 e. The number of rotatable bonds is 1. The van der Waals surface area contributed by atoms with Crippen molar-refractivity contribution in [3.8, 4) is 0 Å². The third-order valence-corrected chi connectivity index (χ3v) is 1.86. The van der Waals surface area contributed by atoms with Crippen molar-refractivity contribution >= 4 is 9.52 Å². The zero-order valence-electron chi connectivity index (χ0n) is 3.96. The van der Waals surface area contributed by atoms with Crippen LogP contribution in [0.1, 0.15) is 6.92 Å². The van der Waals surface area contributed by atoms with E-state index in [0.29, 0.717) is 0 Å². The van der Waals surface area contributed by atoms with Gasteiger partial charge in [-0.2, -0.15) is 0 Å². The van der Waals surface area contributed by atoms with Gasteiger partial charge in [0.25, 0.3) is 0 Å². The van der Waals surface area contributed by atoms with Gasteiger partial charge in [-0.3, -0.25) is 0 Å². The molecule has 0 heterocycles. The maximum absolute atomic E-state index is 11.5. The van der Waals surface area contributed by atoms with Crippen LogP contribution in [0.2, 0.25) is 6.55 Å². The topological polar surface area (TPSA) is 0 Å². The Morgan fingerprint density at radius 2 is 1.67 bits per heavy atom. The second kappa shape index (κ2) is 1.68. The molecule has 0 aromatic rings. The number of hydrogen-bond acceptors (Lipinski definition) is 0. The molecule has 0 atom stereocenters. The van der Waals surface area contributed by atoms with E-state index in [-0.39, 0.29) is 0 Å². The highest BCUT2D eigenvalue weighted by Gasteiger charge is 2.16. The van der Waals surface area contributed by atoms with Gasteiger partial charge in [0, 0.05) is 0 Å². The van der Waals surface area contributed by atoms with Gasteiger partial charge >= 0.3 is 0 Å². The third kappa shape index (κ3) is 4.08. The molecule has 0 aliphatic heterocycles. The molecule has 0 unspecified atom stereocenters. The number of halogens is 2. The Morgan fingerprint density at radius 3 is 1.67 bits per heavy atom. The van der Waals surface area contributed by atoms with Crippen molar-refractivity contribution in [2.75, 3.05) is 0 Å². The Hall–Kier alpha value is 0.0769. The van der Waals surface area contributed by atoms with Gasteiger partial charge in [-0.25, -0.2) is 8.78 Å². The normalized spacial score (nSPS) is 14.0. The van der Waals surface area contributed by atoms with Crippen LogP contribution in [0.3, 0.4) is 0 Å². The second-order valence-corrected chi connectivity index (χ2v) is 3.37. The van der Waals surface area contributed by atoms with E-state index in [1.54, 1.807) is 6.55 Å². The molecule has 0 nitrogen and oxygen atoms in total. The van der Waals surface area contributed by atoms with Crippen molar-refractivity contribution in [2.24, 2.45) is 0 Å². The van der Waals surface area contributed by atoms with E-state index >= 15 is 0 Å². The zero-order valence-corrected chi connectivity index (χ0v) is 5.38. The highest BCUT2D eigenvalue weighted by molar-refractivity contribution is 6.36. The zero-order chi connectivity index (χ0) is 5.21. The van der Waals surface area contributed by atoms with Crippen LogP contribution in [-0.2, 0) is 0 Å². The molecule has 0 radical (unpaired) electrons. The molecule has 0 spiro atoms. The van der Waals surface area contributed by atoms with Crippen molar-refractivity contribution in [3.63, 3.8) is 0 Å². The lowest BCUT2D eigenvalue weighted by Crippen LogP contribution is -2.15. The monoisotopic (exact) mass is 110 g/mol. The Bertz CT molecular complexity index is 38.5. The van der Waals surface area contributed by atoms with Crippen LogP contribution in [0, 0.1) is 0 Å². The molecule has 0 N–H and O–H groups in total. The molecule has 3 heteroatoms. The van der Waals surface area contributed by atoms with E-state index in [4.69, 9.17) is 0 Å². The summed E-state index contributed by atoms with van der Waals surface area (Å²) in [5.74, 6) is 0. The largest absolute Gasteiger partial charge is 0.220 e. The summed E-state index contributed by atoms with van der Waals surface area (Å²) >= 11 is 0. The van der Waals surface area contributed by atoms with Crippen LogP contribution in [0.5, 0.6) is 0 Å². The minimum atomic E-state index is -2.32. The first-order valence-electron chi connectivity index (χ1n) is 1.94. The second-order valence-electron chi connectivity index (χ2n) is 1.42. The first-order valence-corrected chi connectivity index (χ1v) is 4.06. The highest BCUT2D eigenvalue weighted by Crippen LogP contribution is 2.06. The summed E-state index contributed by atoms with van der Waals surface area (Å²) in [5, 5.41) is 0. The van der Waals surface area contributed by atoms with Gasteiger partial charge in [-0.05, 0) is 6.92 Å². The summed E-state index contributed by atoms with van der Waals surface area (Å²) in [6.45, 7) is 2.57. The first kappa shape index (κ1) is 6.08. The number of hydrogen-bond donors (Lipinski definition) is 0. The van der Waals surface area contributed by atoms with Crippen molar-refractivity contribution in [1.82, 2.24) is 0 Å². The average molecular weight is 110 g/mol. The van der Waals surface area contributed by atoms with E-state index in [0.717, 1.165) is 6.92 Å². The molecule has 0 saturated carbocycles. The molecule has 38 valence electrons. The SMILES string of the molecule is C[SiH2]C(C)(F)F. The van der Waals surface area contributed by atoms with Crippen LogP contribution in [0.25, 0.3) is 0 Å². The quantitative estimate of drug-likeness (QED) is 0.438. The first-order chi connectivity index (χ1) is 2.56. The lowest BCUT2D eigenvalue weighted by atomic mass is 10.8. The van der Waals surface area contributed by atoms with Gasteiger partial charge in [0.2, 0.25) is 5.55 Å². The van der Waals surface area contributed by atoms with E-state index in [1.165, 1.54) is 0 Å². The van der Waals surface area contributed by atoms with Crippen molar-refractivity contribution < 1.29 is 8.78 Å². The lowest BCUT2D eigenvalue weighted by molar-refractivity contribution is 0.114. The minimum absolute atomic E-state index is 0.971. The fourth-order valence-electron chi connectivity index (χ4n) is 0. The molecule has 0 amide bonds. The molecule has 0 fully saturated rings. The smallest absolute Gasteiger partial charge is 0.213 e. The Labute approximate surface area is 38.4 Å². The predicted octanol–water partition coefficient (Wildman–Crippen LogP) is 0.816. The van der Waals surface area contributed by atoms with Crippen molar-refractivity contribution in [2.45, 2.75) is 19.0 Å². The van der Waals surface area contributed by atoms with E-state index in [1.807, 2.05) is 0 Å². The van der Waals surface area contributed by atoms with E-state index < -0.39 is 15.1 Å². The van der Waals surface area contributed by atoms with Gasteiger partial charge in [-0.1, -0.05) is 6.55 Å². The summed E-state index contributed by atoms with van der Waals surface area (Å²) in [4.78, 5) is 0. The third-order valence-electron chi connectivity index (χ3n) is 0.621. The predicted molar refractivity (Wildman–Crippen MR) is 25.0 cm³/mol. The summed E-state index contributed by atoms with van der Waals surface area (Å²) in [5.41, 5.74) is -2.32. The molecular weight excluding hydrogens is 102 g/mol. The highest BCUT2D eigenvalue weighted by atomic mass is 28.2. The molecule has 0 aromatic carbocycles. The standard InChI is InChI=1S/C3H8F2Si/c1-3(4,5)6-2/h6H2,1-2H3. The summed E-state index contributed by atoms with van der Waals surface area (Å²) < 4.78 is 23.0. The van der Waals surface area contributed by atoms with Crippen molar-refractivity contribution in [3.05, 3.63) is 0 Å². The van der Waals surface area contributed by atoms with E-state index in [2.05, 4.69) is 0 Å². The van der Waals surface area contributed by atoms with Crippen LogP contribution >= 0.6 is 0 Å². The Morgan fingerprint density at radius 1 is 1.50 bits per heavy atom. The maximum atomic E-state index is 11.5. The Balaban J connectivity index is 3.17. The van der Waals surface area contributed by atoms with Crippen LogP contribution in [0.4, 0.5) is 8.78 Å². The van der Waals surface area contributed by atoms with Crippen LogP contribution < -0.4 is 0 Å². The molecule has 0 aromatic heterocycles. The van der Waals surface area contributed by atoms with Gasteiger partial charge in [0.05, 0.1) is 0 Å². The molecule has 0 saturated heterocycles. The lowest BCUT2D eigenvalue weighted by Gasteiger charge is -2.01. The Kier molecular flexibility index (Phi) is 1.71.